The monoisotopic (exact) mass is 323 g/mol. The number of anilines is 1. The number of pyridine rings is 2. The van der Waals surface area contributed by atoms with Crippen LogP contribution in [0.3, 0.4) is 0 Å². The number of aromatic hydroxyl groups is 1. The zero-order valence-electron chi connectivity index (χ0n) is 12.6. The predicted molar refractivity (Wildman–Crippen MR) is 91.0 cm³/mol. The van der Waals surface area contributed by atoms with Gasteiger partial charge in [0.1, 0.15) is 17.3 Å². The van der Waals surface area contributed by atoms with Gasteiger partial charge in [0.05, 0.1) is 0 Å². The Morgan fingerprint density at radius 2 is 2.08 bits per heavy atom. The summed E-state index contributed by atoms with van der Waals surface area (Å²) in [5, 5.41) is 12.7. The SMILES string of the molecule is C=C(Nc1cc[nH]c(=O)c1)c1ccc(-c2ncccc2O)c(F)c1. The number of hydrogen-bond donors (Lipinski definition) is 3. The highest BCUT2D eigenvalue weighted by Crippen LogP contribution is 2.30. The summed E-state index contributed by atoms with van der Waals surface area (Å²) < 4.78 is 14.4. The van der Waals surface area contributed by atoms with E-state index in [1.54, 1.807) is 18.2 Å². The van der Waals surface area contributed by atoms with Crippen molar-refractivity contribution in [3.63, 3.8) is 0 Å². The van der Waals surface area contributed by atoms with E-state index in [1.165, 1.54) is 36.7 Å². The average molecular weight is 323 g/mol. The van der Waals surface area contributed by atoms with E-state index in [1.807, 2.05) is 0 Å². The molecule has 3 N–H and O–H groups in total. The molecule has 2 heterocycles. The van der Waals surface area contributed by atoms with E-state index in [0.29, 0.717) is 16.9 Å². The molecule has 0 aliphatic carbocycles. The maximum absolute atomic E-state index is 14.4. The molecule has 2 aromatic heterocycles. The molecule has 0 bridgehead atoms. The molecule has 3 rings (SSSR count). The molecule has 0 saturated heterocycles. The van der Waals surface area contributed by atoms with E-state index in [4.69, 9.17) is 0 Å². The number of nitrogens with one attached hydrogen (secondary N) is 2. The Hall–Kier alpha value is -3.41. The van der Waals surface area contributed by atoms with Crippen LogP contribution in [0.2, 0.25) is 0 Å². The van der Waals surface area contributed by atoms with Crippen molar-refractivity contribution in [2.75, 3.05) is 5.32 Å². The second-order valence-electron chi connectivity index (χ2n) is 5.11. The predicted octanol–water partition coefficient (Wildman–Crippen LogP) is 3.36. The average Bonchev–Trinajstić information content (AvgIpc) is 2.55. The van der Waals surface area contributed by atoms with E-state index in [0.717, 1.165) is 0 Å². The summed E-state index contributed by atoms with van der Waals surface area (Å²) in [7, 11) is 0. The lowest BCUT2D eigenvalue weighted by molar-refractivity contribution is 0.474. The molecule has 3 aromatic rings. The van der Waals surface area contributed by atoms with Gasteiger partial charge in [-0.2, -0.15) is 0 Å². The number of hydrogen-bond acceptors (Lipinski definition) is 4. The number of aromatic amines is 1. The van der Waals surface area contributed by atoms with Crippen molar-refractivity contribution < 1.29 is 9.50 Å². The molecule has 0 saturated carbocycles. The van der Waals surface area contributed by atoms with E-state index < -0.39 is 5.82 Å². The third kappa shape index (κ3) is 3.17. The van der Waals surface area contributed by atoms with Gasteiger partial charge in [0.2, 0.25) is 5.56 Å². The summed E-state index contributed by atoms with van der Waals surface area (Å²) >= 11 is 0. The number of nitrogens with zero attached hydrogens (tertiary/aromatic N) is 1. The molecule has 0 fully saturated rings. The summed E-state index contributed by atoms with van der Waals surface area (Å²) in [6, 6.07) is 10.5. The summed E-state index contributed by atoms with van der Waals surface area (Å²) in [5.74, 6) is -0.625. The Bertz CT molecular complexity index is 966. The highest BCUT2D eigenvalue weighted by molar-refractivity contribution is 5.77. The molecular formula is C18H14FN3O2. The van der Waals surface area contributed by atoms with Crippen molar-refractivity contribution in [3.05, 3.63) is 83.2 Å². The Kier molecular flexibility index (Phi) is 4.11. The summed E-state index contributed by atoms with van der Waals surface area (Å²) in [4.78, 5) is 17.8. The second kappa shape index (κ2) is 6.37. The lowest BCUT2D eigenvalue weighted by Crippen LogP contribution is -2.06. The van der Waals surface area contributed by atoms with Gasteiger partial charge in [-0.25, -0.2) is 4.39 Å². The molecule has 5 nitrogen and oxygen atoms in total. The number of benzene rings is 1. The van der Waals surface area contributed by atoms with Gasteiger partial charge < -0.3 is 15.4 Å². The highest BCUT2D eigenvalue weighted by Gasteiger charge is 2.12. The van der Waals surface area contributed by atoms with Crippen LogP contribution < -0.4 is 10.9 Å². The Morgan fingerprint density at radius 3 is 2.79 bits per heavy atom. The molecule has 0 amide bonds. The van der Waals surface area contributed by atoms with Crippen molar-refractivity contribution in [3.8, 4) is 17.0 Å². The topological polar surface area (TPSA) is 78.0 Å². The van der Waals surface area contributed by atoms with E-state index in [9.17, 15) is 14.3 Å². The van der Waals surface area contributed by atoms with Gasteiger partial charge in [0.15, 0.2) is 0 Å². The minimum absolute atomic E-state index is 0.0930. The van der Waals surface area contributed by atoms with Crippen LogP contribution in [0.15, 0.2) is 66.2 Å². The van der Waals surface area contributed by atoms with Gasteiger partial charge in [0, 0.05) is 41.0 Å². The van der Waals surface area contributed by atoms with Gasteiger partial charge in [-0.1, -0.05) is 12.6 Å². The molecule has 0 spiro atoms. The van der Waals surface area contributed by atoms with E-state index >= 15 is 0 Å². The quantitative estimate of drug-likeness (QED) is 0.688. The van der Waals surface area contributed by atoms with E-state index in [2.05, 4.69) is 21.9 Å². The van der Waals surface area contributed by atoms with Crippen LogP contribution in [-0.4, -0.2) is 15.1 Å². The third-order valence-corrected chi connectivity index (χ3v) is 3.43. The van der Waals surface area contributed by atoms with Crippen LogP contribution in [-0.2, 0) is 0 Å². The highest BCUT2D eigenvalue weighted by atomic mass is 19.1. The summed E-state index contributed by atoms with van der Waals surface area (Å²) in [6.45, 7) is 3.86. The number of aromatic nitrogens is 2. The Balaban J connectivity index is 1.88. The normalized spacial score (nSPS) is 10.4. The first-order valence-electron chi connectivity index (χ1n) is 7.13. The standard InChI is InChI=1S/C18H14FN3O2/c1-11(22-13-6-8-20-17(24)10-13)12-4-5-14(15(19)9-12)18-16(23)3-2-7-21-18/h2-10,23H,1H2,(H2,20,22,24). The zero-order valence-corrected chi connectivity index (χ0v) is 12.6. The fourth-order valence-corrected chi connectivity index (χ4v) is 2.27. The molecular weight excluding hydrogens is 309 g/mol. The van der Waals surface area contributed by atoms with Gasteiger partial charge in [-0.15, -0.1) is 0 Å². The van der Waals surface area contributed by atoms with Gasteiger partial charge in [-0.05, 0) is 30.3 Å². The van der Waals surface area contributed by atoms with Crippen LogP contribution in [0.25, 0.3) is 17.0 Å². The van der Waals surface area contributed by atoms with Crippen LogP contribution in [0.5, 0.6) is 5.75 Å². The van der Waals surface area contributed by atoms with Crippen LogP contribution in [0, 0.1) is 5.82 Å². The van der Waals surface area contributed by atoms with Gasteiger partial charge in [0.25, 0.3) is 0 Å². The summed E-state index contributed by atoms with van der Waals surface area (Å²) in [6.07, 6.45) is 2.99. The van der Waals surface area contributed by atoms with Crippen LogP contribution >= 0.6 is 0 Å². The lowest BCUT2D eigenvalue weighted by atomic mass is 10.1. The molecule has 0 radical (unpaired) electrons. The molecule has 6 heteroatoms. The minimum Gasteiger partial charge on any atom is -0.506 e. The zero-order chi connectivity index (χ0) is 17.1. The van der Waals surface area contributed by atoms with E-state index in [-0.39, 0.29) is 22.6 Å². The first-order valence-corrected chi connectivity index (χ1v) is 7.13. The molecule has 0 aliphatic rings. The van der Waals surface area contributed by atoms with Crippen molar-refractivity contribution in [2.45, 2.75) is 0 Å². The van der Waals surface area contributed by atoms with Crippen molar-refractivity contribution in [1.82, 2.24) is 9.97 Å². The van der Waals surface area contributed by atoms with Crippen molar-refractivity contribution in [2.24, 2.45) is 0 Å². The Morgan fingerprint density at radius 1 is 1.25 bits per heavy atom. The molecule has 0 unspecified atom stereocenters. The van der Waals surface area contributed by atoms with Crippen molar-refractivity contribution >= 4 is 11.4 Å². The Labute approximate surface area is 137 Å². The maximum Gasteiger partial charge on any atom is 0.249 e. The summed E-state index contributed by atoms with van der Waals surface area (Å²) in [5.41, 5.74) is 1.63. The molecule has 0 aliphatic heterocycles. The van der Waals surface area contributed by atoms with Crippen LogP contribution in [0.4, 0.5) is 10.1 Å². The minimum atomic E-state index is -0.532. The van der Waals surface area contributed by atoms with Gasteiger partial charge in [-0.3, -0.25) is 9.78 Å². The lowest BCUT2D eigenvalue weighted by Gasteiger charge is -2.11. The van der Waals surface area contributed by atoms with Gasteiger partial charge >= 0.3 is 0 Å². The second-order valence-corrected chi connectivity index (χ2v) is 5.11. The maximum atomic E-state index is 14.4. The van der Waals surface area contributed by atoms with Crippen molar-refractivity contribution in [1.29, 1.82) is 0 Å². The number of H-pyrrole nitrogens is 1. The molecule has 24 heavy (non-hydrogen) atoms. The first kappa shape index (κ1) is 15.5. The molecule has 1 aromatic carbocycles. The first-order chi connectivity index (χ1) is 11.5. The molecule has 120 valence electrons. The molecule has 0 atom stereocenters. The number of halogens is 1. The van der Waals surface area contributed by atoms with Crippen LogP contribution in [0.1, 0.15) is 5.56 Å². The fraction of sp³-hybridized carbons (Fsp3) is 0. The largest absolute Gasteiger partial charge is 0.506 e. The number of rotatable bonds is 4. The fourth-order valence-electron chi connectivity index (χ4n) is 2.27. The third-order valence-electron chi connectivity index (χ3n) is 3.43. The smallest absolute Gasteiger partial charge is 0.249 e.